The van der Waals surface area contributed by atoms with E-state index in [1.54, 1.807) is 24.3 Å². The number of pyridine rings is 1. The van der Waals surface area contributed by atoms with Crippen molar-refractivity contribution < 1.29 is 49.5 Å². The first-order valence-electron chi connectivity index (χ1n) is 12.5. The first-order valence-corrected chi connectivity index (χ1v) is 12.9. The minimum atomic E-state index is -5.77. The molecule has 0 spiro atoms. The number of tetrazole rings is 1. The number of aromatic nitrogens is 7. The van der Waals surface area contributed by atoms with Gasteiger partial charge in [0.15, 0.2) is 5.82 Å². The summed E-state index contributed by atoms with van der Waals surface area (Å²) >= 11 is 6.05. The SMILES string of the molecule is O=C(C(=O)C(F)(F)F)C(F)(F)F.O=C(Cn1c(Cl)cnc(NCC(F)(F)c2ccccn2)c1=O)NCc1ccccc1-n1cnnn1. The number of hydrogen-bond acceptors (Lipinski definition) is 10. The molecule has 0 fully saturated rings. The number of benzene rings is 1. The zero-order chi connectivity index (χ0) is 35.0. The van der Waals surface area contributed by atoms with Crippen LogP contribution in [0.5, 0.6) is 0 Å². The van der Waals surface area contributed by atoms with Crippen LogP contribution in [0.3, 0.4) is 0 Å². The van der Waals surface area contributed by atoms with Gasteiger partial charge in [0.05, 0.1) is 18.4 Å². The third-order valence-corrected chi connectivity index (χ3v) is 5.91. The summed E-state index contributed by atoms with van der Waals surface area (Å²) in [5.74, 6) is -11.1. The van der Waals surface area contributed by atoms with Crippen LogP contribution in [0.1, 0.15) is 11.3 Å². The molecule has 47 heavy (non-hydrogen) atoms. The summed E-state index contributed by atoms with van der Waals surface area (Å²) < 4.78 is 98.1. The summed E-state index contributed by atoms with van der Waals surface area (Å²) in [6, 6.07) is 11.3. The van der Waals surface area contributed by atoms with Gasteiger partial charge in [0.1, 0.15) is 23.7 Å². The Labute approximate surface area is 261 Å². The third-order valence-electron chi connectivity index (χ3n) is 5.61. The van der Waals surface area contributed by atoms with Crippen LogP contribution in [-0.2, 0) is 33.4 Å². The van der Waals surface area contributed by atoms with Gasteiger partial charge in [-0.3, -0.25) is 28.7 Å². The van der Waals surface area contributed by atoms with E-state index >= 15 is 0 Å². The van der Waals surface area contributed by atoms with Crippen molar-refractivity contribution in [2.75, 3.05) is 11.9 Å². The summed E-state index contributed by atoms with van der Waals surface area (Å²) in [6.45, 7) is -1.25. The Morgan fingerprint density at radius 3 is 2.09 bits per heavy atom. The molecule has 1 amide bonds. The number of carbonyl (C=O) groups excluding carboxylic acids is 3. The van der Waals surface area contributed by atoms with Crippen LogP contribution < -0.4 is 16.2 Å². The van der Waals surface area contributed by atoms with Crippen LogP contribution in [-0.4, -0.2) is 71.1 Å². The molecule has 250 valence electrons. The highest BCUT2D eigenvalue weighted by atomic mass is 35.5. The van der Waals surface area contributed by atoms with Gasteiger partial charge in [-0.25, -0.2) is 9.67 Å². The first-order chi connectivity index (χ1) is 21.9. The smallest absolute Gasteiger partial charge is 0.359 e. The molecule has 0 bridgehead atoms. The third kappa shape index (κ3) is 9.82. The summed E-state index contributed by atoms with van der Waals surface area (Å²) in [6.07, 6.45) is -7.77. The lowest BCUT2D eigenvalue weighted by Gasteiger charge is -2.17. The van der Waals surface area contributed by atoms with E-state index < -0.39 is 60.1 Å². The molecule has 0 radical (unpaired) electrons. The molecule has 0 aliphatic rings. The van der Waals surface area contributed by atoms with Gasteiger partial charge in [0.25, 0.3) is 5.56 Å². The molecule has 4 aromatic rings. The molecule has 3 heterocycles. The maximum absolute atomic E-state index is 14.4. The number of ketones is 2. The van der Waals surface area contributed by atoms with E-state index in [0.29, 0.717) is 5.69 Å². The van der Waals surface area contributed by atoms with Crippen LogP contribution in [0.4, 0.5) is 40.9 Å². The zero-order valence-electron chi connectivity index (χ0n) is 23.1. The van der Waals surface area contributed by atoms with Crippen LogP contribution in [0.2, 0.25) is 5.15 Å². The number of anilines is 1. The van der Waals surface area contributed by atoms with Crippen molar-refractivity contribution in [2.45, 2.75) is 31.4 Å². The Hall–Kier alpha value is -5.34. The summed E-state index contributed by atoms with van der Waals surface area (Å²) in [4.78, 5) is 52.0. The van der Waals surface area contributed by atoms with E-state index in [2.05, 4.69) is 36.1 Å². The second kappa shape index (κ2) is 14.8. The maximum atomic E-state index is 14.4. The Morgan fingerprint density at radius 1 is 0.872 bits per heavy atom. The van der Waals surface area contributed by atoms with Crippen molar-refractivity contribution in [2.24, 2.45) is 0 Å². The molecular formula is C25H18ClF8N9O4. The first kappa shape index (κ1) is 36.1. The molecule has 0 aliphatic carbocycles. The van der Waals surface area contributed by atoms with Crippen molar-refractivity contribution in [3.63, 3.8) is 0 Å². The van der Waals surface area contributed by atoms with Crippen LogP contribution in [0, 0.1) is 0 Å². The van der Waals surface area contributed by atoms with Gasteiger partial charge in [-0.1, -0.05) is 35.9 Å². The Kier molecular flexibility index (Phi) is 11.4. The van der Waals surface area contributed by atoms with E-state index in [9.17, 15) is 54.3 Å². The normalized spacial score (nSPS) is 11.7. The van der Waals surface area contributed by atoms with E-state index in [0.717, 1.165) is 16.3 Å². The van der Waals surface area contributed by atoms with Crippen LogP contribution >= 0.6 is 11.6 Å². The molecule has 22 heteroatoms. The average Bonchev–Trinajstić information content (AvgIpc) is 3.56. The fourth-order valence-corrected chi connectivity index (χ4v) is 3.59. The van der Waals surface area contributed by atoms with Gasteiger partial charge in [-0.15, -0.1) is 5.10 Å². The molecule has 1 aromatic carbocycles. The molecular weight excluding hydrogens is 678 g/mol. The predicted octanol–water partition coefficient (Wildman–Crippen LogP) is 3.04. The highest BCUT2D eigenvalue weighted by Crippen LogP contribution is 2.26. The molecule has 13 nitrogen and oxygen atoms in total. The largest absolute Gasteiger partial charge is 0.458 e. The number of nitrogens with one attached hydrogen (secondary N) is 2. The number of Topliss-reactive ketones (excluding diaryl/α,β-unsaturated/α-hetero) is 2. The minimum absolute atomic E-state index is 0.119. The quantitative estimate of drug-likeness (QED) is 0.186. The van der Waals surface area contributed by atoms with Gasteiger partial charge in [0.2, 0.25) is 5.91 Å². The molecule has 4 rings (SSSR count). The monoisotopic (exact) mass is 695 g/mol. The van der Waals surface area contributed by atoms with Crippen molar-refractivity contribution in [1.29, 1.82) is 0 Å². The summed E-state index contributed by atoms with van der Waals surface area (Å²) in [5.41, 5.74) is 0.111. The van der Waals surface area contributed by atoms with E-state index in [-0.39, 0.29) is 17.5 Å². The summed E-state index contributed by atoms with van der Waals surface area (Å²) in [5, 5.41) is 15.9. The number of para-hydroxylation sites is 1. The number of hydrogen-bond donors (Lipinski definition) is 2. The Balaban J connectivity index is 0.000000426. The van der Waals surface area contributed by atoms with E-state index in [4.69, 9.17) is 11.6 Å². The van der Waals surface area contributed by atoms with Crippen molar-refractivity contribution >= 4 is 34.9 Å². The number of rotatable bonds is 10. The van der Waals surface area contributed by atoms with Gasteiger partial charge < -0.3 is 10.6 Å². The lowest BCUT2D eigenvalue weighted by molar-refractivity contribution is -0.193. The highest BCUT2D eigenvalue weighted by molar-refractivity contribution is 6.41. The maximum Gasteiger partial charge on any atom is 0.458 e. The summed E-state index contributed by atoms with van der Waals surface area (Å²) in [7, 11) is 0. The average molecular weight is 696 g/mol. The van der Waals surface area contributed by atoms with Crippen molar-refractivity contribution in [3.8, 4) is 5.69 Å². The number of amides is 1. The fourth-order valence-electron chi connectivity index (χ4n) is 3.41. The minimum Gasteiger partial charge on any atom is -0.359 e. The Bertz CT molecular complexity index is 1740. The lowest BCUT2D eigenvalue weighted by Crippen LogP contribution is -2.39. The lowest BCUT2D eigenvalue weighted by atomic mass is 10.2. The number of alkyl halides is 8. The molecule has 3 aromatic heterocycles. The second-order valence-electron chi connectivity index (χ2n) is 8.91. The standard InChI is InChI=1S/C21H18ClF2N9O2.C4F6O2/c22-17-10-27-19(28-12-21(23,24)16-7-3-4-8-25-16)20(35)32(17)11-18(34)26-9-14-5-1-2-6-15(14)33-13-29-30-31-33;5-3(6,7)1(11)2(12)4(8,9)10/h1-8,10,13H,9,11-12H2,(H,26,34)(H,27,28);. The molecule has 0 saturated carbocycles. The molecule has 0 aliphatic heterocycles. The molecule has 0 saturated heterocycles. The van der Waals surface area contributed by atoms with E-state index in [1.165, 1.54) is 35.4 Å². The number of nitrogens with zero attached hydrogens (tertiary/aromatic N) is 7. The number of carbonyl (C=O) groups is 3. The van der Waals surface area contributed by atoms with Gasteiger partial charge in [-0.05, 0) is 34.2 Å². The predicted molar refractivity (Wildman–Crippen MR) is 143 cm³/mol. The highest BCUT2D eigenvalue weighted by Gasteiger charge is 2.54. The van der Waals surface area contributed by atoms with Gasteiger partial charge >= 0.3 is 29.8 Å². The van der Waals surface area contributed by atoms with E-state index in [1.807, 2.05) is 0 Å². The molecule has 0 unspecified atom stereocenters. The number of halogens is 9. The topological polar surface area (TPSA) is 167 Å². The van der Waals surface area contributed by atoms with Crippen molar-refractivity contribution in [1.82, 2.24) is 40.1 Å². The molecule has 2 N–H and O–H groups in total. The zero-order valence-corrected chi connectivity index (χ0v) is 23.8. The fraction of sp³-hybridized carbons (Fsp3) is 0.240. The van der Waals surface area contributed by atoms with Gasteiger partial charge in [0, 0.05) is 12.7 Å². The molecule has 0 atom stereocenters. The van der Waals surface area contributed by atoms with Gasteiger partial charge in [-0.2, -0.15) is 35.1 Å². The van der Waals surface area contributed by atoms with Crippen LogP contribution in [0.15, 0.2) is 66.0 Å². The van der Waals surface area contributed by atoms with Crippen LogP contribution in [0.25, 0.3) is 5.69 Å². The Morgan fingerprint density at radius 2 is 1.51 bits per heavy atom. The van der Waals surface area contributed by atoms with Crippen molar-refractivity contribution in [3.05, 3.63) is 87.9 Å². The second-order valence-corrected chi connectivity index (χ2v) is 9.29.